The summed E-state index contributed by atoms with van der Waals surface area (Å²) in [5.74, 6) is -1.36. The van der Waals surface area contributed by atoms with Crippen LogP contribution in [0.25, 0.3) is 0 Å². The van der Waals surface area contributed by atoms with Gasteiger partial charge in [-0.3, -0.25) is 19.3 Å². The summed E-state index contributed by atoms with van der Waals surface area (Å²) in [6.07, 6.45) is 2.20. The minimum absolute atomic E-state index is 0.119. The minimum Gasteiger partial charge on any atom is -0.376 e. The van der Waals surface area contributed by atoms with Gasteiger partial charge in [-0.2, -0.15) is 0 Å². The van der Waals surface area contributed by atoms with Gasteiger partial charge in [0.2, 0.25) is 0 Å². The summed E-state index contributed by atoms with van der Waals surface area (Å²) in [6.45, 7) is 1.27. The molecule has 0 spiro atoms. The average Bonchev–Trinajstić information content (AvgIpc) is 3.32. The van der Waals surface area contributed by atoms with Gasteiger partial charge in [0.1, 0.15) is 5.82 Å². The number of ether oxygens (including phenoxy) is 1. The highest BCUT2D eigenvalue weighted by atomic mass is 19.1. The van der Waals surface area contributed by atoms with Gasteiger partial charge in [-0.25, -0.2) is 4.39 Å². The van der Waals surface area contributed by atoms with Gasteiger partial charge in [0.15, 0.2) is 0 Å². The van der Waals surface area contributed by atoms with Crippen molar-refractivity contribution < 1.29 is 23.5 Å². The Morgan fingerprint density at radius 3 is 2.59 bits per heavy atom. The third kappa shape index (κ3) is 4.05. The van der Waals surface area contributed by atoms with E-state index in [4.69, 9.17) is 4.74 Å². The number of benzene rings is 2. The van der Waals surface area contributed by atoms with Crippen LogP contribution >= 0.6 is 0 Å². The van der Waals surface area contributed by atoms with Crippen LogP contribution in [0.1, 0.15) is 49.5 Å². The van der Waals surface area contributed by atoms with Crippen LogP contribution in [-0.2, 0) is 11.2 Å². The second kappa shape index (κ2) is 8.13. The first-order valence-corrected chi connectivity index (χ1v) is 9.67. The number of nitrogens with zero attached hydrogens (tertiary/aromatic N) is 1. The van der Waals surface area contributed by atoms with E-state index in [-0.39, 0.29) is 41.8 Å². The zero-order valence-corrected chi connectivity index (χ0v) is 15.8. The molecule has 1 N–H and O–H groups in total. The van der Waals surface area contributed by atoms with Gasteiger partial charge >= 0.3 is 0 Å². The molecule has 2 aromatic rings. The van der Waals surface area contributed by atoms with Crippen molar-refractivity contribution >= 4 is 17.7 Å². The van der Waals surface area contributed by atoms with Gasteiger partial charge < -0.3 is 10.1 Å². The molecule has 0 aliphatic carbocycles. The van der Waals surface area contributed by atoms with E-state index in [2.05, 4.69) is 5.32 Å². The largest absolute Gasteiger partial charge is 0.376 e. The minimum atomic E-state index is -0.388. The van der Waals surface area contributed by atoms with Crippen LogP contribution < -0.4 is 5.32 Å². The first-order valence-electron chi connectivity index (χ1n) is 9.67. The summed E-state index contributed by atoms with van der Waals surface area (Å²) < 4.78 is 18.5. The Morgan fingerprint density at radius 2 is 1.86 bits per heavy atom. The summed E-state index contributed by atoms with van der Waals surface area (Å²) in [4.78, 5) is 38.9. The number of hydrogen-bond donors (Lipinski definition) is 1. The monoisotopic (exact) mass is 396 g/mol. The fourth-order valence-electron chi connectivity index (χ4n) is 3.66. The smallest absolute Gasteiger partial charge is 0.261 e. The van der Waals surface area contributed by atoms with E-state index in [9.17, 15) is 18.8 Å². The zero-order chi connectivity index (χ0) is 20.4. The molecule has 0 radical (unpaired) electrons. The van der Waals surface area contributed by atoms with Gasteiger partial charge in [0.25, 0.3) is 17.7 Å². The molecule has 0 bridgehead atoms. The highest BCUT2D eigenvalue weighted by molar-refractivity contribution is 6.22. The molecule has 7 heteroatoms. The zero-order valence-electron chi connectivity index (χ0n) is 15.8. The normalized spacial score (nSPS) is 18.2. The van der Waals surface area contributed by atoms with Gasteiger partial charge in [0, 0.05) is 18.7 Å². The number of imide groups is 1. The topological polar surface area (TPSA) is 75.7 Å². The summed E-state index contributed by atoms with van der Waals surface area (Å²) >= 11 is 0. The van der Waals surface area contributed by atoms with Crippen LogP contribution in [0, 0.1) is 5.82 Å². The lowest BCUT2D eigenvalue weighted by Gasteiger charge is -2.17. The Bertz CT molecular complexity index is 952. The first-order chi connectivity index (χ1) is 14.0. The molecule has 0 saturated carbocycles. The highest BCUT2D eigenvalue weighted by Crippen LogP contribution is 2.26. The standard InChI is InChI=1S/C22H21FN2O4/c23-16-6-3-14(4-7-16)9-10-24-20(26)15-5-8-18-19(12-15)22(28)25(21(18)27)13-17-2-1-11-29-17/h3-8,12,17H,1-2,9-11,13H2,(H,24,26). The number of hydrogen-bond acceptors (Lipinski definition) is 4. The summed E-state index contributed by atoms with van der Waals surface area (Å²) in [5, 5.41) is 2.79. The molecular weight excluding hydrogens is 375 g/mol. The SMILES string of the molecule is O=C(NCCc1ccc(F)cc1)c1ccc2c(c1)C(=O)N(CC1CCCO1)C2=O. The van der Waals surface area contributed by atoms with E-state index in [1.54, 1.807) is 18.2 Å². The number of rotatable bonds is 6. The Labute approximate surface area is 167 Å². The van der Waals surface area contributed by atoms with E-state index < -0.39 is 0 Å². The molecular formula is C22H21FN2O4. The quantitative estimate of drug-likeness (QED) is 0.762. The van der Waals surface area contributed by atoms with Crippen LogP contribution in [0.15, 0.2) is 42.5 Å². The van der Waals surface area contributed by atoms with Gasteiger partial charge in [-0.1, -0.05) is 12.1 Å². The van der Waals surface area contributed by atoms with Crippen molar-refractivity contribution in [3.8, 4) is 0 Å². The maximum Gasteiger partial charge on any atom is 0.261 e. The number of halogens is 1. The van der Waals surface area contributed by atoms with Crippen molar-refractivity contribution in [2.45, 2.75) is 25.4 Å². The fraction of sp³-hybridized carbons (Fsp3) is 0.318. The van der Waals surface area contributed by atoms with Crippen molar-refractivity contribution in [2.75, 3.05) is 19.7 Å². The van der Waals surface area contributed by atoms with Crippen LogP contribution in [0.5, 0.6) is 0 Å². The highest BCUT2D eigenvalue weighted by Gasteiger charge is 2.37. The molecule has 3 amide bonds. The number of nitrogens with one attached hydrogen (secondary N) is 1. The first kappa shape index (κ1) is 19.3. The Morgan fingerprint density at radius 1 is 1.10 bits per heavy atom. The van der Waals surface area contributed by atoms with Crippen LogP contribution in [0.4, 0.5) is 4.39 Å². The van der Waals surface area contributed by atoms with Crippen LogP contribution in [0.2, 0.25) is 0 Å². The van der Waals surface area contributed by atoms with Crippen molar-refractivity contribution in [1.82, 2.24) is 10.2 Å². The molecule has 150 valence electrons. The van der Waals surface area contributed by atoms with Crippen LogP contribution in [0.3, 0.4) is 0 Å². The third-order valence-electron chi connectivity index (χ3n) is 5.26. The second-order valence-electron chi connectivity index (χ2n) is 7.25. The molecule has 1 fully saturated rings. The summed E-state index contributed by atoms with van der Waals surface area (Å²) in [7, 11) is 0. The van der Waals surface area contributed by atoms with Crippen molar-refractivity contribution in [2.24, 2.45) is 0 Å². The fourth-order valence-corrected chi connectivity index (χ4v) is 3.66. The lowest BCUT2D eigenvalue weighted by molar-refractivity contribution is 0.0475. The van der Waals surface area contributed by atoms with Crippen molar-refractivity contribution in [3.05, 3.63) is 70.5 Å². The molecule has 4 rings (SSSR count). The number of fused-ring (bicyclic) bond motifs is 1. The Balaban J connectivity index is 1.39. The predicted molar refractivity (Wildman–Crippen MR) is 103 cm³/mol. The Kier molecular flexibility index (Phi) is 5.40. The number of carbonyl (C=O) groups excluding carboxylic acids is 3. The van der Waals surface area contributed by atoms with Gasteiger partial charge in [-0.05, 0) is 55.2 Å². The maximum absolute atomic E-state index is 12.9. The molecule has 1 unspecified atom stereocenters. The number of carbonyl (C=O) groups is 3. The lowest BCUT2D eigenvalue weighted by atomic mass is 10.1. The van der Waals surface area contributed by atoms with E-state index in [0.717, 1.165) is 18.4 Å². The molecule has 0 aromatic heterocycles. The van der Waals surface area contributed by atoms with Gasteiger partial charge in [0.05, 0.1) is 23.8 Å². The summed E-state index contributed by atoms with van der Waals surface area (Å²) in [5.41, 5.74) is 1.80. The molecule has 6 nitrogen and oxygen atoms in total. The molecule has 1 saturated heterocycles. The average molecular weight is 396 g/mol. The molecule has 2 heterocycles. The number of amides is 3. The molecule has 2 aliphatic rings. The van der Waals surface area contributed by atoms with Crippen molar-refractivity contribution in [3.63, 3.8) is 0 Å². The van der Waals surface area contributed by atoms with Gasteiger partial charge in [-0.15, -0.1) is 0 Å². The third-order valence-corrected chi connectivity index (χ3v) is 5.26. The molecule has 1 atom stereocenters. The van der Waals surface area contributed by atoms with Crippen molar-refractivity contribution in [1.29, 1.82) is 0 Å². The Hall–Kier alpha value is -3.06. The predicted octanol–water partition coefficient (Wildman–Crippen LogP) is 2.57. The van der Waals surface area contributed by atoms with E-state index >= 15 is 0 Å². The second-order valence-corrected chi connectivity index (χ2v) is 7.25. The van der Waals surface area contributed by atoms with E-state index in [0.29, 0.717) is 30.7 Å². The van der Waals surface area contributed by atoms with E-state index in [1.807, 2.05) is 0 Å². The maximum atomic E-state index is 12.9. The lowest BCUT2D eigenvalue weighted by Crippen LogP contribution is -2.36. The van der Waals surface area contributed by atoms with Crippen LogP contribution in [-0.4, -0.2) is 48.4 Å². The molecule has 29 heavy (non-hydrogen) atoms. The van der Waals surface area contributed by atoms with E-state index in [1.165, 1.54) is 29.2 Å². The summed E-state index contributed by atoms with van der Waals surface area (Å²) in [6, 6.07) is 10.6. The molecule has 2 aromatic carbocycles. The molecule has 2 aliphatic heterocycles.